The van der Waals surface area contributed by atoms with Gasteiger partial charge in [-0.3, -0.25) is 24.1 Å². The fourth-order valence-corrected chi connectivity index (χ4v) is 3.99. The molecular formula is C18H24N2O5. The normalized spacial score (nSPS) is 26.8. The zero-order valence-corrected chi connectivity index (χ0v) is 14.5. The molecule has 2 atom stereocenters. The smallest absolute Gasteiger partial charge is 0.308 e. The van der Waals surface area contributed by atoms with Gasteiger partial charge in [0.2, 0.25) is 17.7 Å². The standard InChI is InChI=1S/C18H24N2O5/c1-25-18(24)12-6-9-19(10-7-12)15(21)8-11-20-16(22)13-4-2-3-5-14(13)17(20)23/h2-3,12-14H,4-11H2,1H3/t13-,14+. The highest BCUT2D eigenvalue weighted by atomic mass is 16.5. The number of carbonyl (C=O) groups excluding carboxylic acids is 4. The molecule has 2 aliphatic heterocycles. The Morgan fingerprint density at radius 1 is 1.08 bits per heavy atom. The van der Waals surface area contributed by atoms with E-state index in [4.69, 9.17) is 4.74 Å². The van der Waals surface area contributed by atoms with Crippen LogP contribution in [0.15, 0.2) is 12.2 Å². The Hall–Kier alpha value is -2.18. The maximum Gasteiger partial charge on any atom is 0.308 e. The van der Waals surface area contributed by atoms with E-state index < -0.39 is 0 Å². The highest BCUT2D eigenvalue weighted by Gasteiger charge is 2.47. The molecule has 0 saturated carbocycles. The predicted molar refractivity (Wildman–Crippen MR) is 88.0 cm³/mol. The highest BCUT2D eigenvalue weighted by Crippen LogP contribution is 2.35. The average Bonchev–Trinajstić information content (AvgIpc) is 2.90. The van der Waals surface area contributed by atoms with Crippen molar-refractivity contribution in [1.82, 2.24) is 9.80 Å². The lowest BCUT2D eigenvalue weighted by atomic mass is 9.85. The molecule has 1 aliphatic carbocycles. The summed E-state index contributed by atoms with van der Waals surface area (Å²) in [4.78, 5) is 51.6. The van der Waals surface area contributed by atoms with Crippen LogP contribution in [0.5, 0.6) is 0 Å². The second kappa shape index (κ2) is 7.37. The molecule has 0 aromatic heterocycles. The van der Waals surface area contributed by atoms with Crippen molar-refractivity contribution in [2.24, 2.45) is 17.8 Å². The molecule has 3 aliphatic rings. The van der Waals surface area contributed by atoms with Crippen LogP contribution in [-0.2, 0) is 23.9 Å². The number of hydrogen-bond acceptors (Lipinski definition) is 5. The van der Waals surface area contributed by atoms with Crippen molar-refractivity contribution in [2.75, 3.05) is 26.7 Å². The molecule has 7 nitrogen and oxygen atoms in total. The van der Waals surface area contributed by atoms with Crippen LogP contribution >= 0.6 is 0 Å². The first kappa shape index (κ1) is 17.6. The van der Waals surface area contributed by atoms with Gasteiger partial charge in [0.15, 0.2) is 0 Å². The molecular weight excluding hydrogens is 324 g/mol. The Kier molecular flexibility index (Phi) is 5.20. The molecule has 2 heterocycles. The van der Waals surface area contributed by atoms with Gasteiger partial charge in [0.25, 0.3) is 0 Å². The van der Waals surface area contributed by atoms with Crippen LogP contribution in [0.25, 0.3) is 0 Å². The summed E-state index contributed by atoms with van der Waals surface area (Å²) in [5.74, 6) is -1.22. The minimum atomic E-state index is -0.247. The number of allylic oxidation sites excluding steroid dienone is 2. The topological polar surface area (TPSA) is 84.0 Å². The number of imide groups is 1. The fraction of sp³-hybridized carbons (Fsp3) is 0.667. The zero-order chi connectivity index (χ0) is 18.0. The quantitative estimate of drug-likeness (QED) is 0.425. The number of carbonyl (C=O) groups is 4. The lowest BCUT2D eigenvalue weighted by molar-refractivity contribution is -0.149. The number of methoxy groups -OCH3 is 1. The van der Waals surface area contributed by atoms with Crippen LogP contribution in [0.1, 0.15) is 32.1 Å². The van der Waals surface area contributed by atoms with E-state index in [9.17, 15) is 19.2 Å². The lowest BCUT2D eigenvalue weighted by Crippen LogP contribution is -2.42. The summed E-state index contributed by atoms with van der Waals surface area (Å²) in [7, 11) is 1.37. The summed E-state index contributed by atoms with van der Waals surface area (Å²) in [5.41, 5.74) is 0. The molecule has 0 spiro atoms. The molecule has 0 bridgehead atoms. The minimum absolute atomic E-state index is 0.0723. The van der Waals surface area contributed by atoms with Gasteiger partial charge in [-0.2, -0.15) is 0 Å². The molecule has 25 heavy (non-hydrogen) atoms. The molecule has 0 N–H and O–H groups in total. The molecule has 0 aromatic carbocycles. The SMILES string of the molecule is COC(=O)C1CCN(C(=O)CCN2C(=O)[C@H]3CC=CC[C@H]3C2=O)CC1. The first-order valence-electron chi connectivity index (χ1n) is 8.88. The summed E-state index contributed by atoms with van der Waals surface area (Å²) < 4.78 is 4.74. The van der Waals surface area contributed by atoms with E-state index in [2.05, 4.69) is 0 Å². The molecule has 0 radical (unpaired) electrons. The van der Waals surface area contributed by atoms with Crippen molar-refractivity contribution < 1.29 is 23.9 Å². The Bertz CT molecular complexity index is 581. The maximum absolute atomic E-state index is 12.4. The van der Waals surface area contributed by atoms with Gasteiger partial charge in [-0.15, -0.1) is 0 Å². The molecule has 3 rings (SSSR count). The number of esters is 1. The van der Waals surface area contributed by atoms with Crippen LogP contribution in [0.2, 0.25) is 0 Å². The summed E-state index contributed by atoms with van der Waals surface area (Å²) in [6, 6.07) is 0. The highest BCUT2D eigenvalue weighted by molar-refractivity contribution is 6.05. The Balaban J connectivity index is 1.49. The van der Waals surface area contributed by atoms with Gasteiger partial charge in [0.1, 0.15) is 0 Å². The van der Waals surface area contributed by atoms with Crippen molar-refractivity contribution in [3.8, 4) is 0 Å². The van der Waals surface area contributed by atoms with Gasteiger partial charge >= 0.3 is 5.97 Å². The molecule has 2 fully saturated rings. The lowest BCUT2D eigenvalue weighted by Gasteiger charge is -2.31. The number of hydrogen-bond donors (Lipinski definition) is 0. The van der Waals surface area contributed by atoms with E-state index >= 15 is 0 Å². The van der Waals surface area contributed by atoms with Crippen molar-refractivity contribution in [3.05, 3.63) is 12.2 Å². The van der Waals surface area contributed by atoms with Gasteiger partial charge < -0.3 is 9.64 Å². The van der Waals surface area contributed by atoms with Crippen molar-refractivity contribution in [3.63, 3.8) is 0 Å². The molecule has 0 unspecified atom stereocenters. The third-order valence-electron chi connectivity index (χ3n) is 5.53. The number of fused-ring (bicyclic) bond motifs is 1. The van der Waals surface area contributed by atoms with E-state index in [0.29, 0.717) is 38.8 Å². The van der Waals surface area contributed by atoms with Gasteiger partial charge in [-0.05, 0) is 25.7 Å². The van der Waals surface area contributed by atoms with Crippen molar-refractivity contribution in [2.45, 2.75) is 32.1 Å². The van der Waals surface area contributed by atoms with Gasteiger partial charge in [-0.1, -0.05) is 12.2 Å². The first-order valence-corrected chi connectivity index (χ1v) is 8.88. The Labute approximate surface area is 147 Å². The van der Waals surface area contributed by atoms with Gasteiger partial charge in [0, 0.05) is 26.1 Å². The number of rotatable bonds is 4. The monoisotopic (exact) mass is 348 g/mol. The van der Waals surface area contributed by atoms with Crippen molar-refractivity contribution >= 4 is 23.7 Å². The van der Waals surface area contributed by atoms with E-state index in [0.717, 1.165) is 0 Å². The second-order valence-electron chi connectivity index (χ2n) is 6.91. The number of likely N-dealkylation sites (tertiary alicyclic amines) is 2. The Morgan fingerprint density at radius 2 is 1.64 bits per heavy atom. The Morgan fingerprint density at radius 3 is 2.16 bits per heavy atom. The maximum atomic E-state index is 12.4. The molecule has 2 saturated heterocycles. The molecule has 0 aromatic rings. The van der Waals surface area contributed by atoms with E-state index in [1.807, 2.05) is 12.2 Å². The summed E-state index contributed by atoms with van der Waals surface area (Å²) in [6.07, 6.45) is 6.46. The number of nitrogens with zero attached hydrogens (tertiary/aromatic N) is 2. The van der Waals surface area contributed by atoms with Crippen LogP contribution in [-0.4, -0.2) is 60.2 Å². The predicted octanol–water partition coefficient (Wildman–Crippen LogP) is 0.739. The minimum Gasteiger partial charge on any atom is -0.469 e. The second-order valence-corrected chi connectivity index (χ2v) is 6.91. The first-order chi connectivity index (χ1) is 12.0. The van der Waals surface area contributed by atoms with Gasteiger partial charge in [0.05, 0.1) is 24.9 Å². The zero-order valence-electron chi connectivity index (χ0n) is 14.5. The summed E-state index contributed by atoms with van der Waals surface area (Å²) >= 11 is 0. The van der Waals surface area contributed by atoms with Crippen molar-refractivity contribution in [1.29, 1.82) is 0 Å². The van der Waals surface area contributed by atoms with Gasteiger partial charge in [-0.25, -0.2) is 0 Å². The van der Waals surface area contributed by atoms with Crippen LogP contribution in [0, 0.1) is 17.8 Å². The van der Waals surface area contributed by atoms with Crippen LogP contribution in [0.4, 0.5) is 0 Å². The third kappa shape index (κ3) is 3.45. The van der Waals surface area contributed by atoms with E-state index in [1.165, 1.54) is 12.0 Å². The average molecular weight is 348 g/mol. The fourth-order valence-electron chi connectivity index (χ4n) is 3.99. The van der Waals surface area contributed by atoms with E-state index in [-0.39, 0.29) is 54.4 Å². The number of amides is 3. The summed E-state index contributed by atoms with van der Waals surface area (Å²) in [6.45, 7) is 1.17. The van der Waals surface area contributed by atoms with E-state index in [1.54, 1.807) is 4.90 Å². The largest absolute Gasteiger partial charge is 0.469 e. The number of ether oxygens (including phenoxy) is 1. The molecule has 3 amide bonds. The molecule has 7 heteroatoms. The summed E-state index contributed by atoms with van der Waals surface area (Å²) in [5, 5.41) is 0. The molecule has 136 valence electrons. The number of piperidine rings is 1. The van der Waals surface area contributed by atoms with Crippen LogP contribution < -0.4 is 0 Å². The van der Waals surface area contributed by atoms with Crippen LogP contribution in [0.3, 0.4) is 0 Å². The third-order valence-corrected chi connectivity index (χ3v) is 5.53.